The van der Waals surface area contributed by atoms with Gasteiger partial charge in [0.25, 0.3) is 0 Å². The highest BCUT2D eigenvalue weighted by molar-refractivity contribution is 5.70. The molecule has 0 saturated carbocycles. The van der Waals surface area contributed by atoms with Crippen molar-refractivity contribution < 1.29 is 13.9 Å². The lowest BCUT2D eigenvalue weighted by Crippen LogP contribution is -2.32. The quantitative estimate of drug-likeness (QED) is 0.329. The van der Waals surface area contributed by atoms with Crippen LogP contribution >= 0.6 is 0 Å². The van der Waals surface area contributed by atoms with Crippen LogP contribution in [0.1, 0.15) is 84.0 Å². The Morgan fingerprint density at radius 3 is 2.13 bits per heavy atom. The van der Waals surface area contributed by atoms with Gasteiger partial charge in [0, 0.05) is 0 Å². The second-order valence-electron chi connectivity index (χ2n) is 6.53. The van der Waals surface area contributed by atoms with Crippen molar-refractivity contribution in [2.75, 3.05) is 6.67 Å². The van der Waals surface area contributed by atoms with Crippen LogP contribution in [0, 0.1) is 0 Å². The number of carbonyl (C=O) groups excluding carboxylic acids is 1. The van der Waals surface area contributed by atoms with E-state index in [2.05, 4.69) is 12.2 Å². The molecule has 1 rings (SSSR count). The highest BCUT2D eigenvalue weighted by Gasteiger charge is 2.31. The third-order valence-electron chi connectivity index (χ3n) is 4.41. The summed E-state index contributed by atoms with van der Waals surface area (Å²) in [6.45, 7) is 1.67. The topological polar surface area (TPSA) is 38.3 Å². The summed E-state index contributed by atoms with van der Waals surface area (Å²) >= 11 is 0. The molecule has 1 aliphatic heterocycles. The Morgan fingerprint density at radius 1 is 1.00 bits per heavy atom. The predicted octanol–water partition coefficient (Wildman–Crippen LogP) is 5.69. The van der Waals surface area contributed by atoms with E-state index in [-0.39, 0.29) is 0 Å². The maximum atomic E-state index is 12.7. The smallest absolute Gasteiger partial charge is 0.408 e. The van der Waals surface area contributed by atoms with Crippen molar-refractivity contribution in [3.63, 3.8) is 0 Å². The number of rotatable bonds is 14. The molecule has 0 aliphatic carbocycles. The van der Waals surface area contributed by atoms with Crippen molar-refractivity contribution >= 4 is 6.09 Å². The van der Waals surface area contributed by atoms with Gasteiger partial charge >= 0.3 is 6.09 Å². The Labute approximate surface area is 141 Å². The number of alkyl carbamates (subject to hydrolysis) is 1. The Kier molecular flexibility index (Phi) is 11.6. The summed E-state index contributed by atoms with van der Waals surface area (Å²) < 4.78 is 17.7. The number of cyclic esters (lactones) is 1. The highest BCUT2D eigenvalue weighted by atomic mass is 19.1. The number of ether oxygens (including phenoxy) is 1. The summed E-state index contributed by atoms with van der Waals surface area (Å²) in [6.07, 6.45) is 18.5. The van der Waals surface area contributed by atoms with Crippen molar-refractivity contribution in [1.29, 1.82) is 0 Å². The highest BCUT2D eigenvalue weighted by Crippen LogP contribution is 2.14. The molecule has 1 heterocycles. The zero-order valence-electron chi connectivity index (χ0n) is 14.7. The van der Waals surface area contributed by atoms with Gasteiger partial charge in [0.1, 0.15) is 18.8 Å². The number of hydrogen-bond acceptors (Lipinski definition) is 2. The van der Waals surface area contributed by atoms with E-state index in [1.54, 1.807) is 0 Å². The van der Waals surface area contributed by atoms with Crippen LogP contribution in [0.25, 0.3) is 0 Å². The minimum absolute atomic E-state index is 0.444. The number of amides is 1. The maximum absolute atomic E-state index is 12.7. The molecule has 4 heteroatoms. The lowest BCUT2D eigenvalue weighted by molar-refractivity contribution is 0.150. The third-order valence-corrected chi connectivity index (χ3v) is 4.41. The Bertz CT molecular complexity index is 333. The summed E-state index contributed by atoms with van der Waals surface area (Å²) in [5, 5.41) is 2.46. The molecule has 3 nitrogen and oxygen atoms in total. The molecule has 0 aromatic heterocycles. The van der Waals surface area contributed by atoms with Crippen molar-refractivity contribution in [3.8, 4) is 0 Å². The first-order chi connectivity index (χ1) is 11.3. The van der Waals surface area contributed by atoms with Crippen LogP contribution in [0.3, 0.4) is 0 Å². The van der Waals surface area contributed by atoms with Gasteiger partial charge in [0.15, 0.2) is 0 Å². The number of hydrogen-bond donors (Lipinski definition) is 1. The number of allylic oxidation sites excluding steroid dienone is 1. The molecule has 0 aromatic carbocycles. The molecule has 0 aromatic rings. The van der Waals surface area contributed by atoms with Gasteiger partial charge in [-0.25, -0.2) is 9.18 Å². The van der Waals surface area contributed by atoms with E-state index in [4.69, 9.17) is 4.74 Å². The minimum Gasteiger partial charge on any atom is -0.440 e. The SMILES string of the molecule is CCCCCCCCCCCCC/C=C/[C@@H]1OC(=O)N[C@@H]1CF. The van der Waals surface area contributed by atoms with Crippen LogP contribution in [-0.2, 0) is 4.74 Å². The fourth-order valence-corrected chi connectivity index (χ4v) is 2.93. The monoisotopic (exact) mass is 327 g/mol. The zero-order valence-corrected chi connectivity index (χ0v) is 14.7. The van der Waals surface area contributed by atoms with Crippen molar-refractivity contribution in [1.82, 2.24) is 5.32 Å². The summed E-state index contributed by atoms with van der Waals surface area (Å²) in [4.78, 5) is 11.0. The average Bonchev–Trinajstić information content (AvgIpc) is 2.91. The predicted molar refractivity (Wildman–Crippen MR) is 93.4 cm³/mol. The number of carbonyl (C=O) groups is 1. The molecule has 0 spiro atoms. The van der Waals surface area contributed by atoms with Crippen LogP contribution in [-0.4, -0.2) is 24.9 Å². The molecule has 0 unspecified atom stereocenters. The van der Waals surface area contributed by atoms with Crippen LogP contribution in [0.2, 0.25) is 0 Å². The van der Waals surface area contributed by atoms with Crippen LogP contribution in [0.5, 0.6) is 0 Å². The van der Waals surface area contributed by atoms with Gasteiger partial charge in [-0.3, -0.25) is 0 Å². The molecule has 0 bridgehead atoms. The van der Waals surface area contributed by atoms with Gasteiger partial charge < -0.3 is 10.1 Å². The molecule has 23 heavy (non-hydrogen) atoms. The third kappa shape index (κ3) is 9.62. The van der Waals surface area contributed by atoms with Crippen LogP contribution in [0.15, 0.2) is 12.2 Å². The molecule has 1 amide bonds. The van der Waals surface area contributed by atoms with Crippen molar-refractivity contribution in [2.24, 2.45) is 0 Å². The molecule has 1 aliphatic rings. The van der Waals surface area contributed by atoms with E-state index in [9.17, 15) is 9.18 Å². The number of alkyl halides is 1. The summed E-state index contributed by atoms with van der Waals surface area (Å²) in [5.74, 6) is 0. The minimum atomic E-state index is -0.584. The fraction of sp³-hybridized carbons (Fsp3) is 0.842. The molecule has 2 atom stereocenters. The Balaban J connectivity index is 1.88. The molecule has 1 N–H and O–H groups in total. The van der Waals surface area contributed by atoms with Gasteiger partial charge in [0.05, 0.1) is 0 Å². The largest absolute Gasteiger partial charge is 0.440 e. The van der Waals surface area contributed by atoms with E-state index in [0.29, 0.717) is 0 Å². The second-order valence-corrected chi connectivity index (χ2v) is 6.53. The van der Waals surface area contributed by atoms with Crippen LogP contribution < -0.4 is 5.32 Å². The molecular weight excluding hydrogens is 293 g/mol. The molecule has 1 fully saturated rings. The standard InChI is InChI=1S/C19H34FNO2/c1-2-3-4-5-6-7-8-9-10-11-12-13-14-15-18-17(16-20)21-19(22)23-18/h14-15,17-18H,2-13,16H2,1H3,(H,21,22)/b15-14+/t17-,18+/m1/s1. The molecule has 1 saturated heterocycles. The van der Waals surface area contributed by atoms with Gasteiger partial charge in [-0.05, 0) is 18.9 Å². The van der Waals surface area contributed by atoms with Gasteiger partial charge in [0.2, 0.25) is 0 Å². The Morgan fingerprint density at radius 2 is 1.57 bits per heavy atom. The van der Waals surface area contributed by atoms with E-state index < -0.39 is 24.9 Å². The number of halogens is 1. The summed E-state index contributed by atoms with van der Waals surface area (Å²) in [5.41, 5.74) is 0. The number of unbranched alkanes of at least 4 members (excludes halogenated alkanes) is 11. The first kappa shape index (κ1) is 20.0. The van der Waals surface area contributed by atoms with E-state index >= 15 is 0 Å². The average molecular weight is 327 g/mol. The molecule has 0 radical (unpaired) electrons. The molecule has 134 valence electrons. The van der Waals surface area contributed by atoms with E-state index in [1.165, 1.54) is 64.2 Å². The van der Waals surface area contributed by atoms with Crippen molar-refractivity contribution in [3.05, 3.63) is 12.2 Å². The first-order valence-electron chi connectivity index (χ1n) is 9.47. The fourth-order valence-electron chi connectivity index (χ4n) is 2.93. The van der Waals surface area contributed by atoms with Crippen LogP contribution in [0.4, 0.5) is 9.18 Å². The van der Waals surface area contributed by atoms with E-state index in [1.807, 2.05) is 12.2 Å². The Hall–Kier alpha value is -1.06. The van der Waals surface area contributed by atoms with Gasteiger partial charge in [-0.15, -0.1) is 0 Å². The van der Waals surface area contributed by atoms with Gasteiger partial charge in [-0.2, -0.15) is 0 Å². The summed E-state index contributed by atoms with van der Waals surface area (Å²) in [7, 11) is 0. The first-order valence-corrected chi connectivity index (χ1v) is 9.47. The zero-order chi connectivity index (χ0) is 16.8. The normalized spacial score (nSPS) is 20.9. The maximum Gasteiger partial charge on any atom is 0.408 e. The summed E-state index contributed by atoms with van der Waals surface area (Å²) in [6, 6.07) is -0.518. The van der Waals surface area contributed by atoms with Crippen molar-refractivity contribution in [2.45, 2.75) is 96.1 Å². The second kappa shape index (κ2) is 13.4. The molecular formula is C19H34FNO2. The van der Waals surface area contributed by atoms with Gasteiger partial charge in [-0.1, -0.05) is 77.2 Å². The lowest BCUT2D eigenvalue weighted by atomic mass is 10.0. The van der Waals surface area contributed by atoms with E-state index in [0.717, 1.165) is 12.8 Å². The number of nitrogens with one attached hydrogen (secondary N) is 1. The lowest BCUT2D eigenvalue weighted by Gasteiger charge is -2.08.